The number of benzene rings is 2. The number of amides is 1. The topological polar surface area (TPSA) is 38.3 Å². The lowest BCUT2D eigenvalue weighted by molar-refractivity contribution is 0.0948. The second kappa shape index (κ2) is 8.71. The van der Waals surface area contributed by atoms with Gasteiger partial charge in [-0.1, -0.05) is 43.3 Å². The second-order valence-corrected chi connectivity index (χ2v) is 5.84. The summed E-state index contributed by atoms with van der Waals surface area (Å²) in [6, 6.07) is 15.4. The molecule has 0 heterocycles. The molecule has 3 nitrogen and oxygen atoms in total. The summed E-state index contributed by atoms with van der Waals surface area (Å²) >= 11 is 3.40. The maximum atomic E-state index is 12.2. The van der Waals surface area contributed by atoms with Crippen LogP contribution < -0.4 is 5.32 Å². The van der Waals surface area contributed by atoms with Crippen LogP contribution in [0, 0.1) is 0 Å². The zero-order valence-corrected chi connectivity index (χ0v) is 14.2. The molecule has 0 aliphatic carbocycles. The van der Waals surface area contributed by atoms with E-state index in [9.17, 15) is 4.79 Å². The molecule has 1 amide bonds. The maximum Gasteiger partial charge on any atom is 0.252 e. The van der Waals surface area contributed by atoms with Crippen molar-refractivity contribution in [1.29, 1.82) is 0 Å². The number of carbonyl (C=O) groups is 1. The number of rotatable bonds is 7. The zero-order chi connectivity index (χ0) is 15.8. The molecular formula is C18H20BrNO2. The van der Waals surface area contributed by atoms with Gasteiger partial charge in [0.1, 0.15) is 0 Å². The van der Waals surface area contributed by atoms with Gasteiger partial charge >= 0.3 is 0 Å². The summed E-state index contributed by atoms with van der Waals surface area (Å²) in [7, 11) is 0. The van der Waals surface area contributed by atoms with Crippen molar-refractivity contribution in [1.82, 2.24) is 5.32 Å². The van der Waals surface area contributed by atoms with Crippen LogP contribution in [0.25, 0.3) is 0 Å². The highest BCUT2D eigenvalue weighted by molar-refractivity contribution is 9.10. The van der Waals surface area contributed by atoms with Crippen molar-refractivity contribution in [2.75, 3.05) is 6.61 Å². The number of halogens is 1. The van der Waals surface area contributed by atoms with E-state index in [2.05, 4.69) is 28.2 Å². The first-order valence-corrected chi connectivity index (χ1v) is 8.19. The Balaban J connectivity index is 1.99. The fourth-order valence-electron chi connectivity index (χ4n) is 2.11. The number of hydrogen-bond donors (Lipinski definition) is 1. The van der Waals surface area contributed by atoms with E-state index >= 15 is 0 Å². The van der Waals surface area contributed by atoms with Crippen LogP contribution in [0.4, 0.5) is 0 Å². The van der Waals surface area contributed by atoms with Crippen LogP contribution in [0.15, 0.2) is 53.0 Å². The van der Waals surface area contributed by atoms with E-state index in [4.69, 9.17) is 4.74 Å². The fourth-order valence-corrected chi connectivity index (χ4v) is 2.58. The molecule has 2 aromatic rings. The average molecular weight is 362 g/mol. The van der Waals surface area contributed by atoms with Crippen LogP contribution in [-0.2, 0) is 17.9 Å². The van der Waals surface area contributed by atoms with Crippen LogP contribution in [0.5, 0.6) is 0 Å². The lowest BCUT2D eigenvalue weighted by atomic mass is 10.1. The molecule has 4 heteroatoms. The second-order valence-electron chi connectivity index (χ2n) is 4.98. The summed E-state index contributed by atoms with van der Waals surface area (Å²) in [6.45, 7) is 3.91. The molecule has 2 rings (SSSR count). The molecule has 0 aliphatic heterocycles. The van der Waals surface area contributed by atoms with Crippen molar-refractivity contribution in [3.8, 4) is 0 Å². The van der Waals surface area contributed by atoms with Crippen molar-refractivity contribution in [3.63, 3.8) is 0 Å². The number of ether oxygens (including phenoxy) is 1. The van der Waals surface area contributed by atoms with Gasteiger partial charge in [0.2, 0.25) is 0 Å². The Morgan fingerprint density at radius 1 is 1.09 bits per heavy atom. The number of carbonyl (C=O) groups excluding carboxylic acids is 1. The van der Waals surface area contributed by atoms with E-state index in [-0.39, 0.29) is 5.91 Å². The summed E-state index contributed by atoms with van der Waals surface area (Å²) < 4.78 is 6.40. The first-order valence-electron chi connectivity index (χ1n) is 7.39. The average Bonchev–Trinajstić information content (AvgIpc) is 2.54. The monoisotopic (exact) mass is 361 g/mol. The van der Waals surface area contributed by atoms with Crippen LogP contribution in [-0.4, -0.2) is 12.5 Å². The highest BCUT2D eigenvalue weighted by Gasteiger charge is 2.09. The van der Waals surface area contributed by atoms with E-state index in [1.165, 1.54) is 0 Å². The van der Waals surface area contributed by atoms with Crippen LogP contribution >= 0.6 is 15.9 Å². The normalized spacial score (nSPS) is 10.5. The van der Waals surface area contributed by atoms with Gasteiger partial charge in [-0.2, -0.15) is 0 Å². The van der Waals surface area contributed by atoms with E-state index in [0.29, 0.717) is 18.7 Å². The van der Waals surface area contributed by atoms with Crippen LogP contribution in [0.3, 0.4) is 0 Å². The quantitative estimate of drug-likeness (QED) is 0.746. The summed E-state index contributed by atoms with van der Waals surface area (Å²) in [5.74, 6) is -0.0863. The molecule has 0 aromatic heterocycles. The Bertz CT molecular complexity index is 628. The lowest BCUT2D eigenvalue weighted by Crippen LogP contribution is -2.23. The largest absolute Gasteiger partial charge is 0.377 e. The molecule has 22 heavy (non-hydrogen) atoms. The Labute approximate surface area is 139 Å². The number of nitrogens with one attached hydrogen (secondary N) is 1. The molecule has 0 bridgehead atoms. The molecular weight excluding hydrogens is 342 g/mol. The minimum absolute atomic E-state index is 0.0863. The van der Waals surface area contributed by atoms with Gasteiger partial charge in [0.05, 0.1) is 12.2 Å². The highest BCUT2D eigenvalue weighted by atomic mass is 79.9. The van der Waals surface area contributed by atoms with E-state index in [1.807, 2.05) is 42.5 Å². The molecule has 0 fully saturated rings. The Kier molecular flexibility index (Phi) is 6.62. The van der Waals surface area contributed by atoms with Gasteiger partial charge < -0.3 is 10.1 Å². The maximum absolute atomic E-state index is 12.2. The molecule has 116 valence electrons. The van der Waals surface area contributed by atoms with Gasteiger partial charge in [-0.05, 0) is 45.6 Å². The van der Waals surface area contributed by atoms with Crippen molar-refractivity contribution < 1.29 is 9.53 Å². The smallest absolute Gasteiger partial charge is 0.252 e. The predicted octanol–water partition coefficient (Wildman–Crippen LogP) is 4.31. The van der Waals surface area contributed by atoms with Crippen molar-refractivity contribution in [2.45, 2.75) is 26.5 Å². The van der Waals surface area contributed by atoms with Crippen LogP contribution in [0.1, 0.15) is 34.8 Å². The molecule has 2 aromatic carbocycles. The summed E-state index contributed by atoms with van der Waals surface area (Å²) in [5, 5.41) is 2.96. The minimum atomic E-state index is -0.0863. The Morgan fingerprint density at radius 2 is 1.77 bits per heavy atom. The minimum Gasteiger partial charge on any atom is -0.377 e. The third-order valence-corrected chi connectivity index (χ3v) is 3.97. The SMILES string of the molecule is CCCOCc1ccccc1CNC(=O)c1ccccc1Br. The Morgan fingerprint density at radius 3 is 2.50 bits per heavy atom. The molecule has 0 spiro atoms. The third-order valence-electron chi connectivity index (χ3n) is 3.28. The standard InChI is InChI=1S/C18H20BrNO2/c1-2-11-22-13-15-8-4-3-7-14(15)12-20-18(21)16-9-5-6-10-17(16)19/h3-10H,2,11-13H2,1H3,(H,20,21). The van der Waals surface area contributed by atoms with Gasteiger partial charge in [-0.3, -0.25) is 4.79 Å². The summed E-state index contributed by atoms with van der Waals surface area (Å²) in [4.78, 5) is 12.2. The first kappa shape index (κ1) is 16.7. The van der Waals surface area contributed by atoms with Crippen molar-refractivity contribution >= 4 is 21.8 Å². The Hall–Kier alpha value is -1.65. The van der Waals surface area contributed by atoms with Gasteiger partial charge in [0.15, 0.2) is 0 Å². The fraction of sp³-hybridized carbons (Fsp3) is 0.278. The predicted molar refractivity (Wildman–Crippen MR) is 91.7 cm³/mol. The third kappa shape index (κ3) is 4.68. The van der Waals surface area contributed by atoms with E-state index in [1.54, 1.807) is 6.07 Å². The molecule has 0 aliphatic rings. The van der Waals surface area contributed by atoms with Crippen molar-refractivity contribution in [2.24, 2.45) is 0 Å². The van der Waals surface area contributed by atoms with Gasteiger partial charge in [-0.25, -0.2) is 0 Å². The van der Waals surface area contributed by atoms with Gasteiger partial charge in [0.25, 0.3) is 5.91 Å². The van der Waals surface area contributed by atoms with Crippen molar-refractivity contribution in [3.05, 3.63) is 69.7 Å². The lowest BCUT2D eigenvalue weighted by Gasteiger charge is -2.11. The molecule has 1 N–H and O–H groups in total. The van der Waals surface area contributed by atoms with Crippen LogP contribution in [0.2, 0.25) is 0 Å². The summed E-state index contributed by atoms with van der Waals surface area (Å²) in [6.07, 6.45) is 1.00. The molecule has 0 atom stereocenters. The highest BCUT2D eigenvalue weighted by Crippen LogP contribution is 2.16. The zero-order valence-electron chi connectivity index (χ0n) is 12.6. The van der Waals surface area contributed by atoms with Gasteiger partial charge in [-0.15, -0.1) is 0 Å². The molecule has 0 radical (unpaired) electrons. The molecule has 0 unspecified atom stereocenters. The summed E-state index contributed by atoms with van der Waals surface area (Å²) in [5.41, 5.74) is 2.84. The number of hydrogen-bond acceptors (Lipinski definition) is 2. The van der Waals surface area contributed by atoms with E-state index in [0.717, 1.165) is 28.6 Å². The van der Waals surface area contributed by atoms with E-state index < -0.39 is 0 Å². The first-order chi connectivity index (χ1) is 10.7. The molecule has 0 saturated heterocycles. The van der Waals surface area contributed by atoms with Gasteiger partial charge in [0, 0.05) is 17.6 Å². The molecule has 0 saturated carbocycles.